The van der Waals surface area contributed by atoms with Crippen molar-refractivity contribution in [3.63, 3.8) is 0 Å². The molecule has 1 saturated carbocycles. The highest BCUT2D eigenvalue weighted by molar-refractivity contribution is 5.85. The molecule has 0 aromatic rings. The minimum absolute atomic E-state index is 0. The van der Waals surface area contributed by atoms with Crippen molar-refractivity contribution in [2.75, 3.05) is 27.7 Å². The Labute approximate surface area is 94.3 Å². The van der Waals surface area contributed by atoms with Gasteiger partial charge < -0.3 is 10.2 Å². The van der Waals surface area contributed by atoms with E-state index in [1.807, 2.05) is 0 Å². The molecule has 1 aliphatic rings. The summed E-state index contributed by atoms with van der Waals surface area (Å²) >= 11 is 0. The van der Waals surface area contributed by atoms with Crippen molar-refractivity contribution in [1.29, 1.82) is 0 Å². The van der Waals surface area contributed by atoms with Gasteiger partial charge in [-0.2, -0.15) is 0 Å². The van der Waals surface area contributed by atoms with Crippen molar-refractivity contribution in [3.8, 4) is 0 Å². The maximum atomic E-state index is 3.47. The first-order valence-corrected chi connectivity index (χ1v) is 4.52. The maximum Gasteiger partial charge on any atom is 0.0305 e. The summed E-state index contributed by atoms with van der Waals surface area (Å²) in [6.07, 6.45) is 5.49. The molecular weight excluding hydrogens is 207 g/mol. The Bertz CT molecular complexity index is 123. The van der Waals surface area contributed by atoms with Gasteiger partial charge in [0.25, 0.3) is 0 Å². The van der Waals surface area contributed by atoms with E-state index in [0.717, 1.165) is 0 Å². The van der Waals surface area contributed by atoms with E-state index in [0.29, 0.717) is 5.54 Å². The zero-order chi connectivity index (χ0) is 8.32. The van der Waals surface area contributed by atoms with Crippen molar-refractivity contribution >= 4 is 24.8 Å². The summed E-state index contributed by atoms with van der Waals surface area (Å²) < 4.78 is 0. The molecule has 0 heterocycles. The van der Waals surface area contributed by atoms with E-state index in [1.54, 1.807) is 0 Å². The van der Waals surface area contributed by atoms with Crippen LogP contribution in [0.25, 0.3) is 0 Å². The van der Waals surface area contributed by atoms with Crippen molar-refractivity contribution < 1.29 is 0 Å². The second-order valence-corrected chi connectivity index (χ2v) is 3.98. The fourth-order valence-electron chi connectivity index (χ4n) is 2.14. The summed E-state index contributed by atoms with van der Waals surface area (Å²) in [5.41, 5.74) is 0.434. The van der Waals surface area contributed by atoms with Crippen LogP contribution in [0.3, 0.4) is 0 Å². The molecule has 1 N–H and O–H groups in total. The number of hydrogen-bond donors (Lipinski definition) is 1. The molecule has 1 fully saturated rings. The predicted octanol–water partition coefficient (Wildman–Crippen LogP) is 1.92. The molecule has 0 spiro atoms. The molecule has 0 aromatic carbocycles. The minimum atomic E-state index is 0. The van der Waals surface area contributed by atoms with Crippen molar-refractivity contribution in [2.24, 2.45) is 0 Å². The van der Waals surface area contributed by atoms with Gasteiger partial charge in [0, 0.05) is 12.1 Å². The number of halogens is 2. The molecule has 82 valence electrons. The Morgan fingerprint density at radius 2 is 1.62 bits per heavy atom. The topological polar surface area (TPSA) is 15.3 Å². The zero-order valence-electron chi connectivity index (χ0n) is 8.80. The fraction of sp³-hybridized carbons (Fsp3) is 1.00. The summed E-state index contributed by atoms with van der Waals surface area (Å²) in [6.45, 7) is 1.18. The van der Waals surface area contributed by atoms with Crippen LogP contribution in [0, 0.1) is 0 Å². The average molecular weight is 229 g/mol. The summed E-state index contributed by atoms with van der Waals surface area (Å²) in [7, 11) is 6.39. The minimum Gasteiger partial charge on any atom is -0.313 e. The smallest absolute Gasteiger partial charge is 0.0305 e. The molecule has 4 heteroatoms. The first kappa shape index (κ1) is 15.9. The molecule has 0 aliphatic heterocycles. The molecule has 2 nitrogen and oxygen atoms in total. The van der Waals surface area contributed by atoms with Gasteiger partial charge in [-0.05, 0) is 34.0 Å². The Balaban J connectivity index is 0. The van der Waals surface area contributed by atoms with Crippen LogP contribution in [0.5, 0.6) is 0 Å². The van der Waals surface area contributed by atoms with E-state index < -0.39 is 0 Å². The lowest BCUT2D eigenvalue weighted by molar-refractivity contribution is 0.248. The third kappa shape index (κ3) is 4.50. The standard InChI is InChI=1S/C9H20N2.2ClH/c1-10-9(8-11(2)3)6-4-5-7-9;;/h10H,4-8H2,1-3H3;2*1H. The van der Waals surface area contributed by atoms with Gasteiger partial charge >= 0.3 is 0 Å². The lowest BCUT2D eigenvalue weighted by Gasteiger charge is -2.31. The van der Waals surface area contributed by atoms with Crippen LogP contribution in [0.4, 0.5) is 0 Å². The Morgan fingerprint density at radius 3 is 1.92 bits per heavy atom. The largest absolute Gasteiger partial charge is 0.313 e. The van der Waals surface area contributed by atoms with E-state index in [-0.39, 0.29) is 24.8 Å². The lowest BCUT2D eigenvalue weighted by Crippen LogP contribution is -2.48. The van der Waals surface area contributed by atoms with Gasteiger partial charge in [0.2, 0.25) is 0 Å². The van der Waals surface area contributed by atoms with Gasteiger partial charge in [0.1, 0.15) is 0 Å². The van der Waals surface area contributed by atoms with Gasteiger partial charge in [0.15, 0.2) is 0 Å². The van der Waals surface area contributed by atoms with Crippen molar-refractivity contribution in [1.82, 2.24) is 10.2 Å². The van der Waals surface area contributed by atoms with E-state index in [2.05, 4.69) is 31.4 Å². The highest BCUT2D eigenvalue weighted by Gasteiger charge is 2.31. The van der Waals surface area contributed by atoms with E-state index in [4.69, 9.17) is 0 Å². The fourth-order valence-corrected chi connectivity index (χ4v) is 2.14. The van der Waals surface area contributed by atoms with Crippen LogP contribution in [-0.2, 0) is 0 Å². The van der Waals surface area contributed by atoms with Crippen LogP contribution >= 0.6 is 24.8 Å². The van der Waals surface area contributed by atoms with Crippen molar-refractivity contribution in [3.05, 3.63) is 0 Å². The Kier molecular flexibility index (Phi) is 8.44. The zero-order valence-corrected chi connectivity index (χ0v) is 10.4. The van der Waals surface area contributed by atoms with Crippen LogP contribution < -0.4 is 5.32 Å². The van der Waals surface area contributed by atoms with Crippen LogP contribution in [0.2, 0.25) is 0 Å². The van der Waals surface area contributed by atoms with Gasteiger partial charge in [-0.25, -0.2) is 0 Å². The molecule has 0 amide bonds. The van der Waals surface area contributed by atoms with Gasteiger partial charge in [-0.1, -0.05) is 12.8 Å². The van der Waals surface area contributed by atoms with Crippen LogP contribution in [0.1, 0.15) is 25.7 Å². The van der Waals surface area contributed by atoms with Crippen LogP contribution in [0.15, 0.2) is 0 Å². The average Bonchev–Trinajstić information content (AvgIpc) is 2.36. The molecule has 13 heavy (non-hydrogen) atoms. The highest BCUT2D eigenvalue weighted by Crippen LogP contribution is 2.29. The summed E-state index contributed by atoms with van der Waals surface area (Å²) in [5.74, 6) is 0. The number of rotatable bonds is 3. The summed E-state index contributed by atoms with van der Waals surface area (Å²) in [4.78, 5) is 2.28. The second kappa shape index (κ2) is 6.88. The summed E-state index contributed by atoms with van der Waals surface area (Å²) in [6, 6.07) is 0. The lowest BCUT2D eigenvalue weighted by atomic mass is 9.97. The normalized spacial score (nSPS) is 19.4. The predicted molar refractivity (Wildman–Crippen MR) is 63.3 cm³/mol. The molecule has 0 saturated heterocycles. The number of nitrogens with one attached hydrogen (secondary N) is 1. The van der Waals surface area contributed by atoms with Gasteiger partial charge in [-0.15, -0.1) is 24.8 Å². The molecule has 0 unspecified atom stereocenters. The molecule has 0 bridgehead atoms. The highest BCUT2D eigenvalue weighted by atomic mass is 35.5. The second-order valence-electron chi connectivity index (χ2n) is 3.98. The Hall–Kier alpha value is 0.500. The Morgan fingerprint density at radius 1 is 1.15 bits per heavy atom. The number of nitrogens with zero attached hydrogens (tertiary/aromatic N) is 1. The summed E-state index contributed by atoms with van der Waals surface area (Å²) in [5, 5.41) is 3.47. The van der Waals surface area contributed by atoms with Gasteiger partial charge in [0.05, 0.1) is 0 Å². The van der Waals surface area contributed by atoms with E-state index >= 15 is 0 Å². The maximum absolute atomic E-state index is 3.47. The number of hydrogen-bond acceptors (Lipinski definition) is 2. The first-order chi connectivity index (χ1) is 5.18. The molecular formula is C9H22Cl2N2. The third-order valence-electron chi connectivity index (χ3n) is 2.71. The van der Waals surface area contributed by atoms with Crippen molar-refractivity contribution in [2.45, 2.75) is 31.2 Å². The van der Waals surface area contributed by atoms with E-state index in [9.17, 15) is 0 Å². The quantitative estimate of drug-likeness (QED) is 0.795. The molecule has 0 aromatic heterocycles. The van der Waals surface area contributed by atoms with Gasteiger partial charge in [-0.3, -0.25) is 0 Å². The molecule has 1 rings (SSSR count). The SMILES string of the molecule is CNC1(CN(C)C)CCCC1.Cl.Cl. The first-order valence-electron chi connectivity index (χ1n) is 4.52. The molecule has 0 radical (unpaired) electrons. The van der Waals surface area contributed by atoms with E-state index in [1.165, 1.54) is 32.2 Å². The third-order valence-corrected chi connectivity index (χ3v) is 2.71. The molecule has 0 atom stereocenters. The van der Waals surface area contributed by atoms with Crippen LogP contribution in [-0.4, -0.2) is 38.1 Å². The molecule has 1 aliphatic carbocycles. The number of likely N-dealkylation sites (N-methyl/N-ethyl adjacent to an activating group) is 2. The monoisotopic (exact) mass is 228 g/mol.